The van der Waals surface area contributed by atoms with Gasteiger partial charge in [0.25, 0.3) is 0 Å². The summed E-state index contributed by atoms with van der Waals surface area (Å²) in [5, 5.41) is 7.31. The van der Waals surface area contributed by atoms with E-state index in [1.54, 1.807) is 6.07 Å². The second kappa shape index (κ2) is 11.3. The van der Waals surface area contributed by atoms with Crippen LogP contribution in [0.25, 0.3) is 0 Å². The van der Waals surface area contributed by atoms with Gasteiger partial charge in [-0.15, -0.1) is 0 Å². The first-order valence-corrected chi connectivity index (χ1v) is 13.6. The monoisotopic (exact) mass is 600 g/mol. The topological polar surface area (TPSA) is 101 Å². The summed E-state index contributed by atoms with van der Waals surface area (Å²) in [4.78, 5) is 28.7. The summed E-state index contributed by atoms with van der Waals surface area (Å²) in [7, 11) is 1.52. The van der Waals surface area contributed by atoms with Crippen LogP contribution >= 0.6 is 0 Å². The third-order valence-electron chi connectivity index (χ3n) is 7.71. The van der Waals surface area contributed by atoms with Gasteiger partial charge in [0.1, 0.15) is 23.7 Å². The normalized spacial score (nSPS) is 21.3. The number of alkyl halides is 3. The lowest BCUT2D eigenvalue weighted by atomic mass is 10.0. The number of benzene rings is 2. The van der Waals surface area contributed by atoms with Crippen molar-refractivity contribution < 1.29 is 36.7 Å². The maximum Gasteiger partial charge on any atom is 0.419 e. The summed E-state index contributed by atoms with van der Waals surface area (Å²) >= 11 is 0. The van der Waals surface area contributed by atoms with Gasteiger partial charge in [0.2, 0.25) is 5.91 Å². The van der Waals surface area contributed by atoms with E-state index in [9.17, 15) is 22.4 Å². The van der Waals surface area contributed by atoms with Crippen LogP contribution in [0.1, 0.15) is 30.0 Å². The van der Waals surface area contributed by atoms with Crippen molar-refractivity contribution in [3.05, 3.63) is 72.3 Å². The molecule has 14 heteroatoms. The number of aromatic nitrogens is 2. The van der Waals surface area contributed by atoms with Crippen LogP contribution in [0.5, 0.6) is 5.75 Å². The van der Waals surface area contributed by atoms with Gasteiger partial charge >= 0.3 is 6.18 Å². The molecule has 3 atom stereocenters. The van der Waals surface area contributed by atoms with Gasteiger partial charge in [-0.2, -0.15) is 13.2 Å². The van der Waals surface area contributed by atoms with E-state index in [-0.39, 0.29) is 42.5 Å². The second-order valence-electron chi connectivity index (χ2n) is 10.3. The molecule has 2 N–H and O–H groups in total. The molecule has 3 fully saturated rings. The highest BCUT2D eigenvalue weighted by Gasteiger charge is 2.41. The number of hydroxylamine groups is 1. The minimum Gasteiger partial charge on any atom is -0.494 e. The number of hydrogen-bond acceptors (Lipinski definition) is 9. The van der Waals surface area contributed by atoms with Crippen molar-refractivity contribution in [1.82, 2.24) is 9.97 Å². The Morgan fingerprint density at radius 3 is 2.74 bits per heavy atom. The van der Waals surface area contributed by atoms with Gasteiger partial charge in [0.05, 0.1) is 61.1 Å². The van der Waals surface area contributed by atoms with Crippen molar-refractivity contribution in [1.29, 1.82) is 0 Å². The maximum absolute atomic E-state index is 15.0. The molecule has 226 valence electrons. The number of fused-ring (bicyclic) bond motifs is 2. The Morgan fingerprint density at radius 1 is 1.21 bits per heavy atom. The van der Waals surface area contributed by atoms with E-state index in [1.807, 2.05) is 6.07 Å². The van der Waals surface area contributed by atoms with Crippen LogP contribution in [0.3, 0.4) is 0 Å². The van der Waals surface area contributed by atoms with Gasteiger partial charge in [-0.3, -0.25) is 9.63 Å². The van der Waals surface area contributed by atoms with Crippen LogP contribution in [0.4, 0.5) is 46.3 Å². The smallest absolute Gasteiger partial charge is 0.419 e. The van der Waals surface area contributed by atoms with Crippen LogP contribution in [-0.4, -0.2) is 54.9 Å². The van der Waals surface area contributed by atoms with E-state index in [4.69, 9.17) is 14.3 Å². The van der Waals surface area contributed by atoms with E-state index in [0.717, 1.165) is 12.1 Å². The number of rotatable bonds is 8. The number of amides is 1. The van der Waals surface area contributed by atoms with Gasteiger partial charge in [-0.25, -0.2) is 19.4 Å². The van der Waals surface area contributed by atoms with Gasteiger partial charge < -0.3 is 25.0 Å². The molecule has 0 aliphatic carbocycles. The van der Waals surface area contributed by atoms with Crippen LogP contribution in [-0.2, 0) is 20.5 Å². The quantitative estimate of drug-likeness (QED) is 0.261. The molecule has 1 aromatic heterocycles. The highest BCUT2D eigenvalue weighted by molar-refractivity contribution is 6.02. The summed E-state index contributed by atoms with van der Waals surface area (Å²) in [6.45, 7) is 4.97. The van der Waals surface area contributed by atoms with Crippen molar-refractivity contribution in [2.75, 3.05) is 47.5 Å². The number of nitrogens with zero attached hydrogens (tertiary/aromatic N) is 4. The van der Waals surface area contributed by atoms with Crippen molar-refractivity contribution >= 4 is 34.6 Å². The zero-order valence-corrected chi connectivity index (χ0v) is 23.0. The lowest BCUT2D eigenvalue weighted by molar-refractivity contribution is -0.140. The molecule has 6 rings (SSSR count). The molecular formula is C29H28F4N6O4. The van der Waals surface area contributed by atoms with Gasteiger partial charge in [0.15, 0.2) is 5.82 Å². The van der Waals surface area contributed by atoms with Gasteiger partial charge in [-0.05, 0) is 24.6 Å². The molecular weight excluding hydrogens is 572 g/mol. The fourth-order valence-electron chi connectivity index (χ4n) is 5.73. The molecule has 1 unspecified atom stereocenters. The van der Waals surface area contributed by atoms with Crippen molar-refractivity contribution in [3.8, 4) is 5.75 Å². The van der Waals surface area contributed by atoms with Crippen LogP contribution in [0.2, 0.25) is 0 Å². The van der Waals surface area contributed by atoms with E-state index in [2.05, 4.69) is 32.1 Å². The number of hydrogen-bond donors (Lipinski definition) is 2. The second-order valence-corrected chi connectivity index (χ2v) is 10.3. The number of morpholine rings is 1. The Hall–Kier alpha value is -4.43. The Kier molecular flexibility index (Phi) is 7.56. The molecule has 10 nitrogen and oxygen atoms in total. The fourth-order valence-corrected chi connectivity index (χ4v) is 5.73. The molecule has 1 amide bonds. The highest BCUT2D eigenvalue weighted by atomic mass is 19.4. The predicted octanol–water partition coefficient (Wildman–Crippen LogP) is 5.37. The first-order chi connectivity index (χ1) is 20.7. The van der Waals surface area contributed by atoms with Crippen LogP contribution in [0.15, 0.2) is 55.4 Å². The Labute approximate surface area is 244 Å². The molecule has 0 spiro atoms. The van der Waals surface area contributed by atoms with Crippen molar-refractivity contribution in [2.24, 2.45) is 0 Å². The molecule has 3 aromatic rings. The van der Waals surface area contributed by atoms with Crippen molar-refractivity contribution in [3.63, 3.8) is 0 Å². The Morgan fingerprint density at radius 2 is 2.05 bits per heavy atom. The van der Waals surface area contributed by atoms with E-state index in [0.29, 0.717) is 42.2 Å². The molecule has 3 aliphatic heterocycles. The van der Waals surface area contributed by atoms with Gasteiger partial charge in [0, 0.05) is 30.7 Å². The van der Waals surface area contributed by atoms with E-state index in [1.165, 1.54) is 42.8 Å². The molecule has 2 bridgehead atoms. The fraction of sp³-hybridized carbons (Fsp3) is 0.345. The first kappa shape index (κ1) is 28.7. The minimum absolute atomic E-state index is 0.122. The Balaban J connectivity index is 1.30. The highest BCUT2D eigenvalue weighted by Crippen LogP contribution is 2.44. The molecule has 3 aliphatic rings. The lowest BCUT2D eigenvalue weighted by Gasteiger charge is -2.31. The van der Waals surface area contributed by atoms with Crippen molar-refractivity contribution in [2.45, 2.75) is 37.2 Å². The summed E-state index contributed by atoms with van der Waals surface area (Å²) in [6, 6.07) is 7.57. The SMILES string of the molecule is C=CC(=O)Nc1cc(Nc2cc(N3OCCC3c3cccc(C(F)(F)F)c3F)ncn2)c(OC)cc1N1C[C@@H]2C[C@H]1CO2. The van der Waals surface area contributed by atoms with Crippen LogP contribution in [0, 0.1) is 5.82 Å². The largest absolute Gasteiger partial charge is 0.494 e. The van der Waals surface area contributed by atoms with Crippen LogP contribution < -0.4 is 25.3 Å². The predicted molar refractivity (Wildman–Crippen MR) is 150 cm³/mol. The number of carbonyl (C=O) groups is 1. The zero-order valence-electron chi connectivity index (χ0n) is 23.0. The van der Waals surface area contributed by atoms with Gasteiger partial charge in [-0.1, -0.05) is 18.7 Å². The number of halogens is 4. The molecule has 43 heavy (non-hydrogen) atoms. The van der Waals surface area contributed by atoms with E-state index >= 15 is 0 Å². The first-order valence-electron chi connectivity index (χ1n) is 13.6. The Bertz CT molecular complexity index is 1550. The molecule has 4 heterocycles. The number of anilines is 5. The molecule has 0 saturated carbocycles. The lowest BCUT2D eigenvalue weighted by Crippen LogP contribution is -2.37. The number of carbonyl (C=O) groups excluding carboxylic acids is 1. The number of nitrogens with one attached hydrogen (secondary N) is 2. The average Bonchev–Trinajstić information content (AvgIpc) is 3.75. The maximum atomic E-state index is 15.0. The average molecular weight is 601 g/mol. The molecule has 2 aromatic carbocycles. The third-order valence-corrected chi connectivity index (χ3v) is 7.71. The minimum atomic E-state index is -4.84. The molecule has 3 saturated heterocycles. The summed E-state index contributed by atoms with van der Waals surface area (Å²) in [5.74, 6) is -0.761. The third kappa shape index (κ3) is 5.55. The summed E-state index contributed by atoms with van der Waals surface area (Å²) < 4.78 is 66.5. The zero-order chi connectivity index (χ0) is 30.3. The number of methoxy groups -OCH3 is 1. The summed E-state index contributed by atoms with van der Waals surface area (Å²) in [6.07, 6.45) is -1.15. The number of ether oxygens (including phenoxy) is 2. The standard InChI is InChI=1S/C29H28F4N6O4/c1-3-27(40)37-20-10-21(24(41-2)11-23(20)38-13-17-9-16(38)14-42-17)36-25-12-26(35-15-34-25)39-22(7-8-43-39)18-5-4-6-19(28(18)30)29(31,32)33/h3-6,10-12,15-17,22H,1,7-9,13-14H2,2H3,(H,37,40)(H,34,35,36)/t16-,17-,22?/m0/s1. The summed E-state index contributed by atoms with van der Waals surface area (Å²) in [5.41, 5.74) is 0.275. The van der Waals surface area contributed by atoms with E-state index < -0.39 is 23.6 Å². The molecule has 0 radical (unpaired) electrons.